The van der Waals surface area contributed by atoms with Crippen molar-refractivity contribution in [2.75, 3.05) is 34.3 Å². The van der Waals surface area contributed by atoms with Gasteiger partial charge in [-0.3, -0.25) is 9.59 Å². The fourth-order valence-electron chi connectivity index (χ4n) is 3.94. The van der Waals surface area contributed by atoms with E-state index in [1.807, 2.05) is 30.3 Å². The van der Waals surface area contributed by atoms with E-state index in [1.165, 1.54) is 4.90 Å². The standard InChI is InChI=1S/C23H24N2O4/c1-24(2)12-7-13-25-20(15-8-5-4-6-9-15)19-21(26)17-11-10-16(28-3)14-18(17)29-22(19)23(25)27/h4-6,8-11,14,20H,7,12-13H2,1-3H3/p+1/t20-/m1/s1. The van der Waals surface area contributed by atoms with E-state index in [4.69, 9.17) is 9.15 Å². The molecule has 0 radical (unpaired) electrons. The summed E-state index contributed by atoms with van der Waals surface area (Å²) in [7, 11) is 5.72. The summed E-state index contributed by atoms with van der Waals surface area (Å²) in [6.07, 6.45) is 0.840. The van der Waals surface area contributed by atoms with Crippen LogP contribution in [0.3, 0.4) is 0 Å². The molecule has 0 saturated carbocycles. The third-order valence-corrected chi connectivity index (χ3v) is 5.37. The quantitative estimate of drug-likeness (QED) is 0.695. The van der Waals surface area contributed by atoms with Crippen LogP contribution < -0.4 is 15.1 Å². The summed E-state index contributed by atoms with van der Waals surface area (Å²) in [6, 6.07) is 14.3. The van der Waals surface area contributed by atoms with Crippen LogP contribution >= 0.6 is 0 Å². The Labute approximate surface area is 169 Å². The van der Waals surface area contributed by atoms with E-state index in [1.54, 1.807) is 30.2 Å². The van der Waals surface area contributed by atoms with E-state index in [-0.39, 0.29) is 17.1 Å². The average Bonchev–Trinajstić information content (AvgIpc) is 3.00. The number of nitrogens with one attached hydrogen (secondary N) is 1. The molecule has 2 heterocycles. The second-order valence-electron chi connectivity index (χ2n) is 7.66. The number of carbonyl (C=O) groups excluding carboxylic acids is 1. The third-order valence-electron chi connectivity index (χ3n) is 5.37. The van der Waals surface area contributed by atoms with Crippen molar-refractivity contribution in [1.82, 2.24) is 4.90 Å². The second kappa shape index (κ2) is 7.72. The summed E-state index contributed by atoms with van der Waals surface area (Å²) < 4.78 is 11.2. The lowest BCUT2D eigenvalue weighted by Gasteiger charge is -2.25. The SMILES string of the molecule is COc1ccc2c(=O)c3c(oc2c1)C(=O)N(CCC[NH+](C)C)[C@@H]3c1ccccc1. The van der Waals surface area contributed by atoms with Crippen molar-refractivity contribution >= 4 is 16.9 Å². The Bertz CT molecular complexity index is 1110. The number of amides is 1. The summed E-state index contributed by atoms with van der Waals surface area (Å²) in [6.45, 7) is 1.50. The van der Waals surface area contributed by atoms with Crippen LogP contribution in [0.4, 0.5) is 0 Å². The van der Waals surface area contributed by atoms with Gasteiger partial charge in [0.2, 0.25) is 5.76 Å². The van der Waals surface area contributed by atoms with Gasteiger partial charge in [-0.1, -0.05) is 30.3 Å². The highest BCUT2D eigenvalue weighted by Gasteiger charge is 2.42. The first-order chi connectivity index (χ1) is 14.0. The normalized spacial score (nSPS) is 15.9. The summed E-state index contributed by atoms with van der Waals surface area (Å²) in [4.78, 5) is 29.7. The maximum atomic E-state index is 13.4. The zero-order valence-electron chi connectivity index (χ0n) is 16.9. The molecule has 0 bridgehead atoms. The van der Waals surface area contributed by atoms with Gasteiger partial charge in [0.1, 0.15) is 11.3 Å². The van der Waals surface area contributed by atoms with Gasteiger partial charge in [-0.25, -0.2) is 0 Å². The highest BCUT2D eigenvalue weighted by atomic mass is 16.5. The lowest BCUT2D eigenvalue weighted by Crippen LogP contribution is -3.05. The van der Waals surface area contributed by atoms with Crippen molar-refractivity contribution in [3.63, 3.8) is 0 Å². The molecule has 1 aliphatic rings. The number of rotatable bonds is 6. The minimum Gasteiger partial charge on any atom is -0.497 e. The molecule has 1 aromatic heterocycles. The first-order valence-electron chi connectivity index (χ1n) is 9.81. The van der Waals surface area contributed by atoms with Gasteiger partial charge in [0.25, 0.3) is 5.91 Å². The zero-order valence-corrected chi connectivity index (χ0v) is 16.9. The first-order valence-corrected chi connectivity index (χ1v) is 9.81. The number of hydrogen-bond acceptors (Lipinski definition) is 4. The van der Waals surface area contributed by atoms with Gasteiger partial charge in [0.15, 0.2) is 5.43 Å². The number of nitrogens with zero attached hydrogens (tertiary/aromatic N) is 1. The lowest BCUT2D eigenvalue weighted by molar-refractivity contribution is -0.858. The molecule has 1 aliphatic heterocycles. The van der Waals surface area contributed by atoms with Gasteiger partial charge >= 0.3 is 0 Å². The maximum Gasteiger partial charge on any atom is 0.290 e. The van der Waals surface area contributed by atoms with Crippen LogP contribution in [0.5, 0.6) is 5.75 Å². The fraction of sp³-hybridized carbons (Fsp3) is 0.304. The van der Waals surface area contributed by atoms with E-state index in [0.29, 0.717) is 28.8 Å². The van der Waals surface area contributed by atoms with E-state index in [9.17, 15) is 9.59 Å². The van der Waals surface area contributed by atoms with Crippen LogP contribution in [0.1, 0.15) is 34.1 Å². The van der Waals surface area contributed by atoms with Crippen LogP contribution in [0.15, 0.2) is 57.7 Å². The van der Waals surface area contributed by atoms with Crippen molar-refractivity contribution in [1.29, 1.82) is 0 Å². The van der Waals surface area contributed by atoms with Crippen LogP contribution in [-0.4, -0.2) is 45.1 Å². The van der Waals surface area contributed by atoms with Gasteiger partial charge in [0, 0.05) is 19.0 Å². The molecule has 1 atom stereocenters. The van der Waals surface area contributed by atoms with E-state index >= 15 is 0 Å². The third kappa shape index (κ3) is 3.40. The molecule has 0 unspecified atom stereocenters. The Kier molecular flexibility index (Phi) is 5.11. The molecule has 6 nitrogen and oxygen atoms in total. The van der Waals surface area contributed by atoms with Gasteiger partial charge in [0.05, 0.1) is 44.7 Å². The maximum absolute atomic E-state index is 13.4. The molecule has 0 fully saturated rings. The monoisotopic (exact) mass is 393 g/mol. The molecule has 6 heteroatoms. The molecule has 1 N–H and O–H groups in total. The predicted molar refractivity (Wildman–Crippen MR) is 111 cm³/mol. The molecule has 150 valence electrons. The smallest absolute Gasteiger partial charge is 0.290 e. The average molecular weight is 393 g/mol. The zero-order chi connectivity index (χ0) is 20.5. The van der Waals surface area contributed by atoms with Crippen molar-refractivity contribution < 1.29 is 18.8 Å². The Morgan fingerprint density at radius 2 is 1.86 bits per heavy atom. The molecule has 0 saturated heterocycles. The Hall–Kier alpha value is -3.12. The molecule has 29 heavy (non-hydrogen) atoms. The molecular formula is C23H25N2O4+. The minimum atomic E-state index is -0.432. The van der Waals surface area contributed by atoms with E-state index in [2.05, 4.69) is 14.1 Å². The second-order valence-corrected chi connectivity index (χ2v) is 7.66. The molecule has 1 amide bonds. The summed E-state index contributed by atoms with van der Waals surface area (Å²) in [5, 5.41) is 0.456. The van der Waals surface area contributed by atoms with Crippen molar-refractivity contribution in [3.05, 3.63) is 75.6 Å². The highest BCUT2D eigenvalue weighted by Crippen LogP contribution is 2.38. The Morgan fingerprint density at radius 1 is 1.10 bits per heavy atom. The molecule has 0 aliphatic carbocycles. The van der Waals surface area contributed by atoms with Crippen molar-refractivity contribution in [3.8, 4) is 5.75 Å². The number of benzene rings is 2. The predicted octanol–water partition coefficient (Wildman–Crippen LogP) is 1.88. The fourth-order valence-corrected chi connectivity index (χ4v) is 3.94. The minimum absolute atomic E-state index is 0.141. The van der Waals surface area contributed by atoms with Crippen LogP contribution in [0.25, 0.3) is 11.0 Å². The Balaban J connectivity index is 1.87. The molecule has 0 spiro atoms. The largest absolute Gasteiger partial charge is 0.497 e. The number of fused-ring (bicyclic) bond motifs is 2. The molecular weight excluding hydrogens is 368 g/mol. The van der Waals surface area contributed by atoms with E-state index in [0.717, 1.165) is 18.5 Å². The summed E-state index contributed by atoms with van der Waals surface area (Å²) in [5.41, 5.74) is 1.55. The van der Waals surface area contributed by atoms with Gasteiger partial charge in [-0.15, -0.1) is 0 Å². The first kappa shape index (κ1) is 19.2. The summed E-state index contributed by atoms with van der Waals surface area (Å²) in [5.74, 6) is 0.489. The number of ether oxygens (including phenoxy) is 1. The van der Waals surface area contributed by atoms with Gasteiger partial charge in [-0.2, -0.15) is 0 Å². The molecule has 2 aromatic carbocycles. The molecule has 3 aromatic rings. The Morgan fingerprint density at radius 3 is 2.55 bits per heavy atom. The van der Waals surface area contributed by atoms with Gasteiger partial charge in [-0.05, 0) is 17.7 Å². The van der Waals surface area contributed by atoms with Crippen molar-refractivity contribution in [2.45, 2.75) is 12.5 Å². The lowest BCUT2D eigenvalue weighted by atomic mass is 9.98. The number of quaternary nitrogens is 1. The van der Waals surface area contributed by atoms with Crippen LogP contribution in [0.2, 0.25) is 0 Å². The van der Waals surface area contributed by atoms with Crippen LogP contribution in [0, 0.1) is 0 Å². The topological polar surface area (TPSA) is 64.2 Å². The molecule has 4 rings (SSSR count). The van der Waals surface area contributed by atoms with Crippen molar-refractivity contribution in [2.24, 2.45) is 0 Å². The number of hydrogen-bond donors (Lipinski definition) is 1. The number of carbonyl (C=O) groups is 1. The van der Waals surface area contributed by atoms with Gasteiger partial charge < -0.3 is 19.0 Å². The number of methoxy groups -OCH3 is 1. The van der Waals surface area contributed by atoms with E-state index < -0.39 is 6.04 Å². The van der Waals surface area contributed by atoms with Crippen LogP contribution in [-0.2, 0) is 0 Å². The summed E-state index contributed by atoms with van der Waals surface area (Å²) >= 11 is 0. The highest BCUT2D eigenvalue weighted by molar-refractivity contribution is 5.99.